The summed E-state index contributed by atoms with van der Waals surface area (Å²) in [5.41, 5.74) is 0. The first kappa shape index (κ1) is 9.01. The fourth-order valence-corrected chi connectivity index (χ4v) is 1.51. The molecule has 1 rings (SSSR count). The maximum atomic E-state index is 5.65. The molecule has 0 aliphatic carbocycles. The molecular weight excluding hydrogens is 140 g/mol. The molecule has 0 radical (unpaired) electrons. The molecule has 0 spiro atoms. The minimum Gasteiger partial charge on any atom is -0.375 e. The minimum atomic E-state index is 0.288. The quantitative estimate of drug-likeness (QED) is 0.624. The zero-order valence-electron chi connectivity index (χ0n) is 7.67. The van der Waals surface area contributed by atoms with Gasteiger partial charge in [0.15, 0.2) is 0 Å². The van der Waals surface area contributed by atoms with Crippen molar-refractivity contribution >= 4 is 0 Å². The standard InChI is InChI=1S/C9H18O2/c1-4-5-10-9-7(2)6-11-8(9)3/h7-9H,4-6H2,1-3H3/t7-,8?,9?/m0/s1. The fourth-order valence-electron chi connectivity index (χ4n) is 1.51. The molecule has 3 atom stereocenters. The maximum absolute atomic E-state index is 5.65. The molecule has 0 N–H and O–H groups in total. The lowest BCUT2D eigenvalue weighted by atomic mass is 10.1. The molecule has 2 heteroatoms. The molecular formula is C9H18O2. The summed E-state index contributed by atoms with van der Waals surface area (Å²) in [5, 5.41) is 0. The average Bonchev–Trinajstić information content (AvgIpc) is 2.29. The molecule has 1 saturated heterocycles. The van der Waals surface area contributed by atoms with E-state index in [1.165, 1.54) is 0 Å². The third-order valence-electron chi connectivity index (χ3n) is 2.16. The van der Waals surface area contributed by atoms with E-state index < -0.39 is 0 Å². The van der Waals surface area contributed by atoms with Gasteiger partial charge < -0.3 is 9.47 Å². The van der Waals surface area contributed by atoms with E-state index >= 15 is 0 Å². The molecule has 2 unspecified atom stereocenters. The fraction of sp³-hybridized carbons (Fsp3) is 1.00. The highest BCUT2D eigenvalue weighted by Crippen LogP contribution is 2.22. The highest BCUT2D eigenvalue weighted by Gasteiger charge is 2.31. The maximum Gasteiger partial charge on any atom is 0.0881 e. The summed E-state index contributed by atoms with van der Waals surface area (Å²) in [6.45, 7) is 8.12. The van der Waals surface area contributed by atoms with E-state index in [-0.39, 0.29) is 6.10 Å². The third-order valence-corrected chi connectivity index (χ3v) is 2.16. The van der Waals surface area contributed by atoms with Gasteiger partial charge in [0.25, 0.3) is 0 Å². The van der Waals surface area contributed by atoms with Crippen LogP contribution in [-0.4, -0.2) is 25.4 Å². The molecule has 0 amide bonds. The highest BCUT2D eigenvalue weighted by atomic mass is 16.6. The van der Waals surface area contributed by atoms with E-state index in [9.17, 15) is 0 Å². The Balaban J connectivity index is 2.29. The molecule has 0 aromatic heterocycles. The van der Waals surface area contributed by atoms with E-state index in [0.29, 0.717) is 12.0 Å². The van der Waals surface area contributed by atoms with Gasteiger partial charge in [-0.2, -0.15) is 0 Å². The molecule has 0 aromatic carbocycles. The Morgan fingerprint density at radius 2 is 2.18 bits per heavy atom. The molecule has 11 heavy (non-hydrogen) atoms. The highest BCUT2D eigenvalue weighted by molar-refractivity contribution is 4.78. The summed E-state index contributed by atoms with van der Waals surface area (Å²) >= 11 is 0. The normalized spacial score (nSPS) is 37.9. The number of ether oxygens (including phenoxy) is 2. The first-order valence-electron chi connectivity index (χ1n) is 4.49. The van der Waals surface area contributed by atoms with Crippen LogP contribution in [0.2, 0.25) is 0 Å². The predicted molar refractivity (Wildman–Crippen MR) is 44.6 cm³/mol. The van der Waals surface area contributed by atoms with Crippen LogP contribution in [0, 0.1) is 5.92 Å². The second-order valence-corrected chi connectivity index (χ2v) is 3.35. The van der Waals surface area contributed by atoms with Crippen molar-refractivity contribution in [2.45, 2.75) is 39.4 Å². The van der Waals surface area contributed by atoms with E-state index in [2.05, 4.69) is 20.8 Å². The molecule has 1 fully saturated rings. The summed E-state index contributed by atoms with van der Waals surface area (Å²) < 4.78 is 11.1. The third kappa shape index (κ3) is 2.17. The van der Waals surface area contributed by atoms with Gasteiger partial charge in [-0.25, -0.2) is 0 Å². The van der Waals surface area contributed by atoms with Crippen molar-refractivity contribution in [3.63, 3.8) is 0 Å². The predicted octanol–water partition coefficient (Wildman–Crippen LogP) is 1.84. The van der Waals surface area contributed by atoms with Crippen molar-refractivity contribution in [1.29, 1.82) is 0 Å². The van der Waals surface area contributed by atoms with Crippen molar-refractivity contribution in [2.24, 2.45) is 5.92 Å². The van der Waals surface area contributed by atoms with Crippen LogP contribution >= 0.6 is 0 Å². The second kappa shape index (κ2) is 4.07. The lowest BCUT2D eigenvalue weighted by Gasteiger charge is -2.17. The lowest BCUT2D eigenvalue weighted by molar-refractivity contribution is -0.00834. The molecule has 0 saturated carbocycles. The number of hydrogen-bond acceptors (Lipinski definition) is 2. The van der Waals surface area contributed by atoms with Crippen LogP contribution in [0.5, 0.6) is 0 Å². The number of hydrogen-bond donors (Lipinski definition) is 0. The van der Waals surface area contributed by atoms with Crippen molar-refractivity contribution in [2.75, 3.05) is 13.2 Å². The zero-order chi connectivity index (χ0) is 8.27. The van der Waals surface area contributed by atoms with Gasteiger partial charge in [0.05, 0.1) is 18.8 Å². The summed E-state index contributed by atoms with van der Waals surface area (Å²) in [6, 6.07) is 0. The summed E-state index contributed by atoms with van der Waals surface area (Å²) in [5.74, 6) is 0.566. The molecule has 1 aliphatic rings. The topological polar surface area (TPSA) is 18.5 Å². The van der Waals surface area contributed by atoms with Gasteiger partial charge in [0, 0.05) is 12.5 Å². The van der Waals surface area contributed by atoms with Crippen molar-refractivity contribution in [1.82, 2.24) is 0 Å². The van der Waals surface area contributed by atoms with Gasteiger partial charge >= 0.3 is 0 Å². The second-order valence-electron chi connectivity index (χ2n) is 3.35. The molecule has 1 heterocycles. The Morgan fingerprint density at radius 1 is 1.45 bits per heavy atom. The monoisotopic (exact) mass is 158 g/mol. The van der Waals surface area contributed by atoms with Gasteiger partial charge in [-0.1, -0.05) is 13.8 Å². The Morgan fingerprint density at radius 3 is 2.64 bits per heavy atom. The van der Waals surface area contributed by atoms with Gasteiger partial charge in [-0.15, -0.1) is 0 Å². The van der Waals surface area contributed by atoms with Crippen molar-refractivity contribution in [3.05, 3.63) is 0 Å². The van der Waals surface area contributed by atoms with Gasteiger partial charge in [0.1, 0.15) is 0 Å². The van der Waals surface area contributed by atoms with Crippen molar-refractivity contribution < 1.29 is 9.47 Å². The van der Waals surface area contributed by atoms with E-state index in [1.54, 1.807) is 0 Å². The lowest BCUT2D eigenvalue weighted by Crippen LogP contribution is -2.26. The Hall–Kier alpha value is -0.0800. The van der Waals surface area contributed by atoms with E-state index in [4.69, 9.17) is 9.47 Å². The molecule has 0 bridgehead atoms. The van der Waals surface area contributed by atoms with Crippen LogP contribution in [0.25, 0.3) is 0 Å². The SMILES string of the molecule is CCCOC1C(C)OC[C@@H]1C. The van der Waals surface area contributed by atoms with E-state index in [1.807, 2.05) is 0 Å². The Bertz CT molecular complexity index is 104. The average molecular weight is 158 g/mol. The first-order chi connectivity index (χ1) is 5.25. The van der Waals surface area contributed by atoms with E-state index in [0.717, 1.165) is 19.6 Å². The van der Waals surface area contributed by atoms with Crippen LogP contribution < -0.4 is 0 Å². The molecule has 66 valence electrons. The smallest absolute Gasteiger partial charge is 0.0881 e. The van der Waals surface area contributed by atoms with Gasteiger partial charge in [-0.05, 0) is 13.3 Å². The Labute approximate surface area is 68.9 Å². The van der Waals surface area contributed by atoms with Crippen LogP contribution in [0.4, 0.5) is 0 Å². The van der Waals surface area contributed by atoms with Crippen LogP contribution in [-0.2, 0) is 9.47 Å². The molecule has 0 aromatic rings. The summed E-state index contributed by atoms with van der Waals surface area (Å²) in [7, 11) is 0. The summed E-state index contributed by atoms with van der Waals surface area (Å²) in [6.07, 6.45) is 1.71. The van der Waals surface area contributed by atoms with Crippen LogP contribution in [0.3, 0.4) is 0 Å². The number of rotatable bonds is 3. The van der Waals surface area contributed by atoms with Gasteiger partial charge in [-0.3, -0.25) is 0 Å². The molecule has 1 aliphatic heterocycles. The van der Waals surface area contributed by atoms with Crippen molar-refractivity contribution in [3.8, 4) is 0 Å². The zero-order valence-corrected chi connectivity index (χ0v) is 7.67. The first-order valence-corrected chi connectivity index (χ1v) is 4.49. The van der Waals surface area contributed by atoms with Gasteiger partial charge in [0.2, 0.25) is 0 Å². The van der Waals surface area contributed by atoms with Crippen LogP contribution in [0.1, 0.15) is 27.2 Å². The molecule has 2 nitrogen and oxygen atoms in total. The Kier molecular flexibility index (Phi) is 3.34. The van der Waals surface area contributed by atoms with Crippen LogP contribution in [0.15, 0.2) is 0 Å². The minimum absolute atomic E-state index is 0.288. The largest absolute Gasteiger partial charge is 0.375 e. The summed E-state index contributed by atoms with van der Waals surface area (Å²) in [4.78, 5) is 0.